The summed E-state index contributed by atoms with van der Waals surface area (Å²) in [5.74, 6) is 0.329. The van der Waals surface area contributed by atoms with Crippen molar-refractivity contribution in [2.24, 2.45) is 0 Å². The fraction of sp³-hybridized carbons (Fsp3) is 0.524. The quantitative estimate of drug-likeness (QED) is 0.785. The van der Waals surface area contributed by atoms with Gasteiger partial charge in [0.1, 0.15) is 0 Å². The van der Waals surface area contributed by atoms with E-state index in [1.165, 1.54) is 0 Å². The predicted octanol–water partition coefficient (Wildman–Crippen LogP) is 1.22. The van der Waals surface area contributed by atoms with Crippen molar-refractivity contribution >= 4 is 22.6 Å². The average Bonchev–Trinajstić information content (AvgIpc) is 3.18. The van der Waals surface area contributed by atoms with E-state index < -0.39 is 0 Å². The number of Topliss-reactive ketones (excluding diaryl/α,β-unsaturated/α-hetero) is 1. The zero-order valence-corrected chi connectivity index (χ0v) is 16.4. The highest BCUT2D eigenvalue weighted by molar-refractivity contribution is 6.10. The standard InChI is InChI=1S/C21H28N4O3/c1-16(21(27)18-14-22-19-5-3-2-4-17(18)19)24-8-6-23(7-9-24)15-20(26)25-10-12-28-13-11-25/h2-5,14,16,22H,6-13,15H2,1H3. The number of para-hydroxylation sites is 1. The molecule has 1 atom stereocenters. The molecule has 7 heteroatoms. The van der Waals surface area contributed by atoms with E-state index >= 15 is 0 Å². The number of rotatable bonds is 5. The normalized spacial score (nSPS) is 20.4. The summed E-state index contributed by atoms with van der Waals surface area (Å²) >= 11 is 0. The molecule has 2 aromatic rings. The topological polar surface area (TPSA) is 68.9 Å². The lowest BCUT2D eigenvalue weighted by atomic mass is 10.0. The number of aromatic amines is 1. The van der Waals surface area contributed by atoms with E-state index in [0.29, 0.717) is 32.8 Å². The largest absolute Gasteiger partial charge is 0.378 e. The van der Waals surface area contributed by atoms with Crippen LogP contribution in [0.4, 0.5) is 0 Å². The number of ketones is 1. The zero-order chi connectivity index (χ0) is 19.5. The summed E-state index contributed by atoms with van der Waals surface area (Å²) in [5.41, 5.74) is 1.75. The highest BCUT2D eigenvalue weighted by Crippen LogP contribution is 2.21. The molecular weight excluding hydrogens is 356 g/mol. The summed E-state index contributed by atoms with van der Waals surface area (Å²) in [4.78, 5) is 35.0. The number of hydrogen-bond acceptors (Lipinski definition) is 5. The molecule has 1 aromatic carbocycles. The van der Waals surface area contributed by atoms with Gasteiger partial charge in [-0.2, -0.15) is 0 Å². The number of nitrogens with zero attached hydrogens (tertiary/aromatic N) is 3. The minimum atomic E-state index is -0.170. The van der Waals surface area contributed by atoms with E-state index in [4.69, 9.17) is 4.74 Å². The van der Waals surface area contributed by atoms with Crippen LogP contribution in [0.1, 0.15) is 17.3 Å². The van der Waals surface area contributed by atoms with Crippen LogP contribution in [-0.2, 0) is 9.53 Å². The molecule has 2 fully saturated rings. The molecular formula is C21H28N4O3. The Labute approximate surface area is 165 Å². The fourth-order valence-corrected chi connectivity index (χ4v) is 4.08. The molecule has 2 saturated heterocycles. The van der Waals surface area contributed by atoms with Crippen molar-refractivity contribution in [2.75, 3.05) is 59.0 Å². The van der Waals surface area contributed by atoms with Crippen molar-refractivity contribution in [3.8, 4) is 0 Å². The van der Waals surface area contributed by atoms with Gasteiger partial charge in [0, 0.05) is 61.9 Å². The molecule has 1 unspecified atom stereocenters. The maximum Gasteiger partial charge on any atom is 0.236 e. The number of benzene rings is 1. The summed E-state index contributed by atoms with van der Waals surface area (Å²) in [7, 11) is 0. The van der Waals surface area contributed by atoms with Gasteiger partial charge in [-0.25, -0.2) is 0 Å². The Morgan fingerprint density at radius 1 is 1.07 bits per heavy atom. The van der Waals surface area contributed by atoms with Crippen LogP contribution in [0.15, 0.2) is 30.5 Å². The number of ether oxygens (including phenoxy) is 1. The number of piperazine rings is 1. The maximum atomic E-state index is 13.0. The molecule has 2 aliphatic rings. The van der Waals surface area contributed by atoms with Crippen LogP contribution in [0.2, 0.25) is 0 Å². The van der Waals surface area contributed by atoms with Gasteiger partial charge in [0.25, 0.3) is 0 Å². The number of amides is 1. The van der Waals surface area contributed by atoms with Gasteiger partial charge in [-0.05, 0) is 13.0 Å². The zero-order valence-electron chi connectivity index (χ0n) is 16.4. The van der Waals surface area contributed by atoms with E-state index in [1.807, 2.05) is 42.3 Å². The molecule has 2 aliphatic heterocycles. The van der Waals surface area contributed by atoms with Gasteiger partial charge in [-0.1, -0.05) is 18.2 Å². The summed E-state index contributed by atoms with van der Waals surface area (Å²) in [5, 5.41) is 0.981. The van der Waals surface area contributed by atoms with Crippen molar-refractivity contribution in [3.63, 3.8) is 0 Å². The second-order valence-corrected chi connectivity index (χ2v) is 7.59. The molecule has 0 spiro atoms. The molecule has 4 rings (SSSR count). The third kappa shape index (κ3) is 3.97. The molecule has 1 amide bonds. The van der Waals surface area contributed by atoms with Crippen molar-refractivity contribution in [3.05, 3.63) is 36.0 Å². The number of morpholine rings is 1. The first-order valence-corrected chi connectivity index (χ1v) is 10.1. The van der Waals surface area contributed by atoms with Crippen LogP contribution in [0.25, 0.3) is 10.9 Å². The molecule has 0 radical (unpaired) electrons. The summed E-state index contributed by atoms with van der Waals surface area (Å²) < 4.78 is 5.31. The molecule has 0 aliphatic carbocycles. The predicted molar refractivity (Wildman–Crippen MR) is 108 cm³/mol. The molecule has 150 valence electrons. The van der Waals surface area contributed by atoms with Crippen LogP contribution in [0, 0.1) is 0 Å². The van der Waals surface area contributed by atoms with Crippen molar-refractivity contribution in [2.45, 2.75) is 13.0 Å². The van der Waals surface area contributed by atoms with Gasteiger partial charge in [-0.15, -0.1) is 0 Å². The lowest BCUT2D eigenvalue weighted by molar-refractivity contribution is -0.136. The molecule has 28 heavy (non-hydrogen) atoms. The third-order valence-electron chi connectivity index (χ3n) is 5.91. The van der Waals surface area contributed by atoms with Gasteiger partial charge in [0.05, 0.1) is 25.8 Å². The second-order valence-electron chi connectivity index (χ2n) is 7.59. The number of hydrogen-bond donors (Lipinski definition) is 1. The SMILES string of the molecule is CC(C(=O)c1c[nH]c2ccccc12)N1CCN(CC(=O)N2CCOCC2)CC1. The van der Waals surface area contributed by atoms with Crippen molar-refractivity contribution in [1.29, 1.82) is 0 Å². The van der Waals surface area contributed by atoms with Crippen LogP contribution in [-0.4, -0.2) is 96.4 Å². The lowest BCUT2D eigenvalue weighted by Crippen LogP contribution is -2.54. The molecule has 7 nitrogen and oxygen atoms in total. The summed E-state index contributed by atoms with van der Waals surface area (Å²) in [6, 6.07) is 7.73. The first kappa shape index (κ1) is 19.1. The van der Waals surface area contributed by atoms with Gasteiger partial charge in [0.2, 0.25) is 5.91 Å². The Morgan fingerprint density at radius 3 is 2.54 bits per heavy atom. The highest BCUT2D eigenvalue weighted by Gasteiger charge is 2.29. The van der Waals surface area contributed by atoms with E-state index in [-0.39, 0.29) is 17.7 Å². The van der Waals surface area contributed by atoms with Crippen LogP contribution < -0.4 is 0 Å². The summed E-state index contributed by atoms with van der Waals surface area (Å²) in [6.45, 7) is 8.29. The minimum absolute atomic E-state index is 0.148. The Balaban J connectivity index is 1.31. The average molecular weight is 384 g/mol. The van der Waals surface area contributed by atoms with Gasteiger partial charge < -0.3 is 14.6 Å². The Morgan fingerprint density at radius 2 is 1.79 bits per heavy atom. The van der Waals surface area contributed by atoms with Crippen LogP contribution >= 0.6 is 0 Å². The maximum absolute atomic E-state index is 13.0. The van der Waals surface area contributed by atoms with E-state index in [0.717, 1.165) is 42.6 Å². The Bertz CT molecular complexity index is 835. The number of nitrogens with one attached hydrogen (secondary N) is 1. The third-order valence-corrected chi connectivity index (χ3v) is 5.91. The van der Waals surface area contributed by atoms with Crippen LogP contribution in [0.5, 0.6) is 0 Å². The van der Waals surface area contributed by atoms with Crippen molar-refractivity contribution in [1.82, 2.24) is 19.7 Å². The second kappa shape index (κ2) is 8.43. The van der Waals surface area contributed by atoms with Gasteiger partial charge >= 0.3 is 0 Å². The molecule has 0 bridgehead atoms. The van der Waals surface area contributed by atoms with E-state index in [2.05, 4.69) is 14.8 Å². The molecule has 0 saturated carbocycles. The number of fused-ring (bicyclic) bond motifs is 1. The minimum Gasteiger partial charge on any atom is -0.378 e. The monoisotopic (exact) mass is 384 g/mol. The highest BCUT2D eigenvalue weighted by atomic mass is 16.5. The summed E-state index contributed by atoms with van der Waals surface area (Å²) in [6.07, 6.45) is 1.82. The molecule has 1 aromatic heterocycles. The van der Waals surface area contributed by atoms with Gasteiger partial charge in [-0.3, -0.25) is 19.4 Å². The number of H-pyrrole nitrogens is 1. The molecule has 1 N–H and O–H groups in total. The Hall–Kier alpha value is -2.22. The van der Waals surface area contributed by atoms with Crippen LogP contribution in [0.3, 0.4) is 0 Å². The number of carbonyl (C=O) groups is 2. The smallest absolute Gasteiger partial charge is 0.236 e. The van der Waals surface area contributed by atoms with Gasteiger partial charge in [0.15, 0.2) is 5.78 Å². The van der Waals surface area contributed by atoms with E-state index in [9.17, 15) is 9.59 Å². The molecule has 3 heterocycles. The Kier molecular flexibility index (Phi) is 5.75. The van der Waals surface area contributed by atoms with E-state index in [1.54, 1.807) is 0 Å². The lowest BCUT2D eigenvalue weighted by Gasteiger charge is -2.38. The first-order chi connectivity index (χ1) is 13.6. The fourth-order valence-electron chi connectivity index (χ4n) is 4.08. The van der Waals surface area contributed by atoms with Crippen molar-refractivity contribution < 1.29 is 14.3 Å². The number of carbonyl (C=O) groups excluding carboxylic acids is 2. The first-order valence-electron chi connectivity index (χ1n) is 10.1. The number of aromatic nitrogens is 1.